The van der Waals surface area contributed by atoms with E-state index in [1.54, 1.807) is 18.4 Å². The van der Waals surface area contributed by atoms with Crippen LogP contribution >= 0.6 is 11.8 Å². The third-order valence-corrected chi connectivity index (χ3v) is 5.13. The summed E-state index contributed by atoms with van der Waals surface area (Å²) in [5.41, 5.74) is 2.20. The van der Waals surface area contributed by atoms with Crippen molar-refractivity contribution in [2.24, 2.45) is 0 Å². The van der Waals surface area contributed by atoms with Crippen molar-refractivity contribution in [3.8, 4) is 11.7 Å². The van der Waals surface area contributed by atoms with Crippen molar-refractivity contribution in [3.05, 3.63) is 48.2 Å². The molecule has 0 N–H and O–H groups in total. The van der Waals surface area contributed by atoms with E-state index >= 15 is 0 Å². The second kappa shape index (κ2) is 6.40. The molecule has 0 bridgehead atoms. The van der Waals surface area contributed by atoms with Gasteiger partial charge >= 0.3 is 0 Å². The number of fused-ring (bicyclic) bond motifs is 1. The monoisotopic (exact) mass is 355 g/mol. The SMILES string of the molecule is C[C@@H](Sc1nnc(-c2ccco2)o1)C(=O)N1c2ccccc2C[C@@H]1C. The summed E-state index contributed by atoms with van der Waals surface area (Å²) in [6.07, 6.45) is 2.42. The highest BCUT2D eigenvalue weighted by atomic mass is 32.2. The van der Waals surface area contributed by atoms with Gasteiger partial charge in [-0.1, -0.05) is 30.0 Å². The van der Waals surface area contributed by atoms with E-state index in [0.717, 1.165) is 12.1 Å². The Hall–Kier alpha value is -2.54. The number of para-hydroxylation sites is 1. The van der Waals surface area contributed by atoms with Gasteiger partial charge in [0, 0.05) is 11.7 Å². The number of rotatable bonds is 4. The molecule has 0 aliphatic carbocycles. The average Bonchev–Trinajstić information content (AvgIpc) is 3.32. The van der Waals surface area contributed by atoms with E-state index in [1.165, 1.54) is 17.3 Å². The van der Waals surface area contributed by atoms with Crippen LogP contribution in [0.3, 0.4) is 0 Å². The number of benzene rings is 1. The molecule has 6 nitrogen and oxygen atoms in total. The zero-order chi connectivity index (χ0) is 17.4. The first-order valence-electron chi connectivity index (χ1n) is 8.08. The zero-order valence-corrected chi connectivity index (χ0v) is 14.7. The summed E-state index contributed by atoms with van der Waals surface area (Å²) >= 11 is 1.26. The van der Waals surface area contributed by atoms with Crippen LogP contribution in [0.4, 0.5) is 5.69 Å². The summed E-state index contributed by atoms with van der Waals surface area (Å²) in [4.78, 5) is 14.8. The molecule has 128 valence electrons. The summed E-state index contributed by atoms with van der Waals surface area (Å²) in [5.74, 6) is 0.868. The van der Waals surface area contributed by atoms with Crippen molar-refractivity contribution >= 4 is 23.4 Å². The molecule has 1 aromatic carbocycles. The number of aromatic nitrogens is 2. The largest absolute Gasteiger partial charge is 0.459 e. The Kier molecular flexibility index (Phi) is 4.09. The van der Waals surface area contributed by atoms with Crippen molar-refractivity contribution < 1.29 is 13.6 Å². The minimum absolute atomic E-state index is 0.0419. The first-order valence-corrected chi connectivity index (χ1v) is 8.96. The second-order valence-corrected chi connectivity index (χ2v) is 7.29. The number of hydrogen-bond acceptors (Lipinski definition) is 6. The standard InChI is InChI=1S/C18H17N3O3S/c1-11-10-13-6-3-4-7-14(13)21(11)17(22)12(2)25-18-20-19-16(24-18)15-8-5-9-23-15/h3-9,11-12H,10H2,1-2H3/t11-,12+/m0/s1. The molecular formula is C18H17N3O3S. The molecule has 2 aromatic heterocycles. The molecule has 0 saturated heterocycles. The van der Waals surface area contributed by atoms with Crippen LogP contribution in [-0.2, 0) is 11.2 Å². The molecule has 1 amide bonds. The third kappa shape index (κ3) is 2.95. The number of amides is 1. The van der Waals surface area contributed by atoms with E-state index in [0.29, 0.717) is 16.9 Å². The van der Waals surface area contributed by atoms with Crippen LogP contribution in [0.1, 0.15) is 19.4 Å². The quantitative estimate of drug-likeness (QED) is 0.663. The highest BCUT2D eigenvalue weighted by Gasteiger charge is 2.34. The highest BCUT2D eigenvalue weighted by molar-refractivity contribution is 8.00. The molecule has 25 heavy (non-hydrogen) atoms. The van der Waals surface area contributed by atoms with Gasteiger partial charge < -0.3 is 13.7 Å². The van der Waals surface area contributed by atoms with Gasteiger partial charge in [0.2, 0.25) is 5.91 Å². The zero-order valence-electron chi connectivity index (χ0n) is 13.9. The summed E-state index contributed by atoms with van der Waals surface area (Å²) in [6, 6.07) is 11.7. The lowest BCUT2D eigenvalue weighted by Crippen LogP contribution is -2.40. The Morgan fingerprint density at radius 3 is 2.92 bits per heavy atom. The molecule has 7 heteroatoms. The summed E-state index contributed by atoms with van der Waals surface area (Å²) in [7, 11) is 0. The number of nitrogens with zero attached hydrogens (tertiary/aromatic N) is 3. The summed E-state index contributed by atoms with van der Waals surface area (Å²) in [5, 5.41) is 7.98. The van der Waals surface area contributed by atoms with Crippen LogP contribution in [0.25, 0.3) is 11.7 Å². The molecule has 3 heterocycles. The van der Waals surface area contributed by atoms with Gasteiger partial charge in [-0.25, -0.2) is 0 Å². The van der Waals surface area contributed by atoms with E-state index in [1.807, 2.05) is 30.0 Å². The lowest BCUT2D eigenvalue weighted by atomic mass is 10.1. The molecule has 4 rings (SSSR count). The van der Waals surface area contributed by atoms with Crippen LogP contribution in [0.15, 0.2) is 56.7 Å². The van der Waals surface area contributed by atoms with Gasteiger partial charge in [-0.05, 0) is 44.0 Å². The number of hydrogen-bond donors (Lipinski definition) is 0. The Labute approximate surface area is 149 Å². The van der Waals surface area contributed by atoms with Gasteiger partial charge in [0.25, 0.3) is 11.1 Å². The Morgan fingerprint density at radius 1 is 1.28 bits per heavy atom. The fourth-order valence-electron chi connectivity index (χ4n) is 3.06. The number of furan rings is 1. The Morgan fingerprint density at radius 2 is 2.12 bits per heavy atom. The van der Waals surface area contributed by atoms with Crippen molar-refractivity contribution in [3.63, 3.8) is 0 Å². The van der Waals surface area contributed by atoms with Crippen LogP contribution in [0.2, 0.25) is 0 Å². The van der Waals surface area contributed by atoms with Gasteiger partial charge in [0.15, 0.2) is 5.76 Å². The van der Waals surface area contributed by atoms with Crippen LogP contribution in [-0.4, -0.2) is 27.4 Å². The number of thioether (sulfide) groups is 1. The number of carbonyl (C=O) groups is 1. The van der Waals surface area contributed by atoms with E-state index in [9.17, 15) is 4.79 Å². The molecule has 0 saturated carbocycles. The molecule has 1 aliphatic rings. The van der Waals surface area contributed by atoms with Gasteiger partial charge in [-0.15, -0.1) is 10.2 Å². The molecule has 0 unspecified atom stereocenters. The highest BCUT2D eigenvalue weighted by Crippen LogP contribution is 2.35. The molecule has 2 atom stereocenters. The van der Waals surface area contributed by atoms with E-state index in [-0.39, 0.29) is 17.2 Å². The Bertz CT molecular complexity index is 891. The fraction of sp³-hybridized carbons (Fsp3) is 0.278. The van der Waals surface area contributed by atoms with Crippen molar-refractivity contribution in [1.29, 1.82) is 0 Å². The lowest BCUT2D eigenvalue weighted by molar-refractivity contribution is -0.118. The van der Waals surface area contributed by atoms with Crippen molar-refractivity contribution in [2.45, 2.75) is 36.8 Å². The maximum Gasteiger partial charge on any atom is 0.284 e. The normalized spacial score (nSPS) is 17.5. The third-order valence-electron chi connectivity index (χ3n) is 4.21. The topological polar surface area (TPSA) is 72.4 Å². The van der Waals surface area contributed by atoms with Gasteiger partial charge in [-0.2, -0.15) is 0 Å². The predicted octanol–water partition coefficient (Wildman–Crippen LogP) is 3.79. The number of carbonyl (C=O) groups excluding carboxylic acids is 1. The fourth-order valence-corrected chi connectivity index (χ4v) is 3.79. The van der Waals surface area contributed by atoms with E-state index < -0.39 is 0 Å². The maximum absolute atomic E-state index is 13.0. The summed E-state index contributed by atoms with van der Waals surface area (Å²) in [6.45, 7) is 3.93. The molecular weight excluding hydrogens is 338 g/mol. The first kappa shape index (κ1) is 16.0. The van der Waals surface area contributed by atoms with Crippen molar-refractivity contribution in [1.82, 2.24) is 10.2 Å². The smallest absolute Gasteiger partial charge is 0.284 e. The van der Waals surface area contributed by atoms with Gasteiger partial charge in [-0.3, -0.25) is 4.79 Å². The predicted molar refractivity (Wildman–Crippen MR) is 94.4 cm³/mol. The second-order valence-electron chi connectivity index (χ2n) is 6.00. The first-order chi connectivity index (χ1) is 12.1. The minimum Gasteiger partial charge on any atom is -0.459 e. The van der Waals surface area contributed by atoms with Crippen molar-refractivity contribution in [2.75, 3.05) is 4.90 Å². The van der Waals surface area contributed by atoms with Crippen LogP contribution in [0, 0.1) is 0 Å². The lowest BCUT2D eigenvalue weighted by Gasteiger charge is -2.25. The Balaban J connectivity index is 1.50. The van der Waals surface area contributed by atoms with Gasteiger partial charge in [0.05, 0.1) is 11.5 Å². The molecule has 0 fully saturated rings. The molecule has 0 radical (unpaired) electrons. The van der Waals surface area contributed by atoms with Gasteiger partial charge in [0.1, 0.15) is 0 Å². The van der Waals surface area contributed by atoms with Crippen LogP contribution in [0.5, 0.6) is 0 Å². The molecule has 3 aromatic rings. The summed E-state index contributed by atoms with van der Waals surface area (Å²) < 4.78 is 10.8. The maximum atomic E-state index is 13.0. The van der Waals surface area contributed by atoms with E-state index in [4.69, 9.17) is 8.83 Å². The molecule has 1 aliphatic heterocycles. The van der Waals surface area contributed by atoms with Crippen LogP contribution < -0.4 is 4.90 Å². The minimum atomic E-state index is -0.335. The van der Waals surface area contributed by atoms with E-state index in [2.05, 4.69) is 23.2 Å². The number of anilines is 1. The molecule has 0 spiro atoms. The average molecular weight is 355 g/mol.